The fourth-order valence-corrected chi connectivity index (χ4v) is 3.62. The molecule has 7 nitrogen and oxygen atoms in total. The van der Waals surface area contributed by atoms with Crippen molar-refractivity contribution in [3.8, 4) is 11.5 Å². The summed E-state index contributed by atoms with van der Waals surface area (Å²) in [5.74, 6) is 3.01. The van der Waals surface area contributed by atoms with Gasteiger partial charge < -0.3 is 25.0 Å². The lowest BCUT2D eigenvalue weighted by atomic mass is 10.0. The molecule has 1 fully saturated rings. The largest absolute Gasteiger partial charge is 0.497 e. The van der Waals surface area contributed by atoms with Crippen molar-refractivity contribution in [2.75, 3.05) is 60.0 Å². The highest BCUT2D eigenvalue weighted by Gasteiger charge is 2.24. The number of hydrogen-bond donors (Lipinski definition) is 2. The van der Waals surface area contributed by atoms with Crippen LogP contribution in [0.5, 0.6) is 11.5 Å². The van der Waals surface area contributed by atoms with E-state index in [1.54, 1.807) is 7.11 Å². The van der Waals surface area contributed by atoms with Gasteiger partial charge in [-0.15, -0.1) is 0 Å². The van der Waals surface area contributed by atoms with Crippen molar-refractivity contribution < 1.29 is 9.47 Å². The maximum Gasteiger partial charge on any atom is 0.191 e. The number of guanidine groups is 1. The Balaban J connectivity index is 1.90. The first-order chi connectivity index (χ1) is 14.4. The van der Waals surface area contributed by atoms with Crippen LogP contribution in [0.4, 0.5) is 0 Å². The Hall–Kier alpha value is -1.99. The van der Waals surface area contributed by atoms with Crippen LogP contribution < -0.4 is 20.1 Å². The number of aliphatic imine (C=N–C) groups is 1. The molecule has 1 aliphatic rings. The number of methoxy groups -OCH3 is 1. The molecular weight excluding hydrogens is 378 g/mol. The van der Waals surface area contributed by atoms with Gasteiger partial charge in [0.15, 0.2) is 5.96 Å². The third-order valence-corrected chi connectivity index (χ3v) is 5.49. The monoisotopic (exact) mass is 419 g/mol. The summed E-state index contributed by atoms with van der Waals surface area (Å²) in [5, 5.41) is 6.79. The molecule has 7 heteroatoms. The standard InChI is InChI=1S/C23H41N5O2/c1-7-24-23(25-16-19(4)30-21-10-8-9-20(15-21)29-6)26-17-22(18(2)3)28-13-11-27(5)12-14-28/h8-10,15,18-19,22H,7,11-14,16-17H2,1-6H3,(H2,24,25,26). The van der Waals surface area contributed by atoms with Crippen LogP contribution in [-0.4, -0.2) is 87.9 Å². The number of likely N-dealkylation sites (N-methyl/N-ethyl adjacent to an activating group) is 1. The van der Waals surface area contributed by atoms with Crippen LogP contribution in [0.15, 0.2) is 29.3 Å². The highest BCUT2D eigenvalue weighted by atomic mass is 16.5. The Morgan fingerprint density at radius 1 is 1.10 bits per heavy atom. The second kappa shape index (κ2) is 12.6. The molecule has 0 bridgehead atoms. The minimum Gasteiger partial charge on any atom is -0.497 e. The van der Waals surface area contributed by atoms with E-state index < -0.39 is 0 Å². The van der Waals surface area contributed by atoms with Crippen molar-refractivity contribution in [2.45, 2.75) is 39.8 Å². The van der Waals surface area contributed by atoms with E-state index in [0.29, 0.717) is 18.5 Å². The number of nitrogens with one attached hydrogen (secondary N) is 2. The maximum absolute atomic E-state index is 6.02. The molecule has 170 valence electrons. The fraction of sp³-hybridized carbons (Fsp3) is 0.696. The van der Waals surface area contributed by atoms with E-state index in [1.807, 2.05) is 24.3 Å². The van der Waals surface area contributed by atoms with Gasteiger partial charge in [0.1, 0.15) is 17.6 Å². The van der Waals surface area contributed by atoms with Crippen LogP contribution in [0.25, 0.3) is 0 Å². The zero-order valence-corrected chi connectivity index (χ0v) is 19.6. The van der Waals surface area contributed by atoms with Crippen molar-refractivity contribution in [2.24, 2.45) is 10.9 Å². The Labute approximate surface area is 182 Å². The van der Waals surface area contributed by atoms with Crippen LogP contribution in [-0.2, 0) is 0 Å². The van der Waals surface area contributed by atoms with E-state index >= 15 is 0 Å². The van der Waals surface area contributed by atoms with Gasteiger partial charge in [0, 0.05) is 44.8 Å². The molecule has 0 spiro atoms. The predicted molar refractivity (Wildman–Crippen MR) is 125 cm³/mol. The van der Waals surface area contributed by atoms with Gasteiger partial charge in [0.25, 0.3) is 0 Å². The number of rotatable bonds is 10. The van der Waals surface area contributed by atoms with E-state index in [-0.39, 0.29) is 6.10 Å². The highest BCUT2D eigenvalue weighted by molar-refractivity contribution is 5.79. The molecule has 0 saturated carbocycles. The second-order valence-corrected chi connectivity index (χ2v) is 8.36. The minimum atomic E-state index is -0.000473. The molecule has 2 atom stereocenters. The molecule has 1 aliphatic heterocycles. The van der Waals surface area contributed by atoms with Gasteiger partial charge in [-0.2, -0.15) is 0 Å². The SMILES string of the molecule is CCNC(=NCC(C(C)C)N1CCN(C)CC1)NCC(C)Oc1cccc(OC)c1. The van der Waals surface area contributed by atoms with Crippen molar-refractivity contribution in [3.05, 3.63) is 24.3 Å². The molecule has 30 heavy (non-hydrogen) atoms. The summed E-state index contributed by atoms with van der Waals surface area (Å²) in [6.07, 6.45) is -0.000473. The number of hydrogen-bond acceptors (Lipinski definition) is 5. The van der Waals surface area contributed by atoms with Gasteiger partial charge >= 0.3 is 0 Å². The van der Waals surface area contributed by atoms with E-state index in [1.165, 1.54) is 0 Å². The average molecular weight is 420 g/mol. The molecular formula is C23H41N5O2. The van der Waals surface area contributed by atoms with Gasteiger partial charge in [-0.3, -0.25) is 9.89 Å². The topological polar surface area (TPSA) is 61.4 Å². The average Bonchev–Trinajstić information content (AvgIpc) is 2.73. The van der Waals surface area contributed by atoms with Crippen molar-refractivity contribution in [3.63, 3.8) is 0 Å². The first kappa shape index (κ1) is 24.3. The lowest BCUT2D eigenvalue weighted by Gasteiger charge is -2.39. The minimum absolute atomic E-state index is 0.000473. The lowest BCUT2D eigenvalue weighted by Crippen LogP contribution is -2.52. The summed E-state index contributed by atoms with van der Waals surface area (Å²) in [6.45, 7) is 15.5. The van der Waals surface area contributed by atoms with E-state index in [2.05, 4.69) is 55.2 Å². The van der Waals surface area contributed by atoms with E-state index in [9.17, 15) is 0 Å². The lowest BCUT2D eigenvalue weighted by molar-refractivity contribution is 0.0925. The van der Waals surface area contributed by atoms with Gasteiger partial charge in [-0.25, -0.2) is 0 Å². The molecule has 1 aromatic carbocycles. The molecule has 2 N–H and O–H groups in total. The Kier molecular flexibility index (Phi) is 10.2. The number of benzene rings is 1. The number of piperazine rings is 1. The van der Waals surface area contributed by atoms with Crippen molar-refractivity contribution in [1.29, 1.82) is 0 Å². The highest BCUT2D eigenvalue weighted by Crippen LogP contribution is 2.19. The summed E-state index contributed by atoms with van der Waals surface area (Å²) < 4.78 is 11.3. The summed E-state index contributed by atoms with van der Waals surface area (Å²) in [5.41, 5.74) is 0. The van der Waals surface area contributed by atoms with Crippen molar-refractivity contribution >= 4 is 5.96 Å². The fourth-order valence-electron chi connectivity index (χ4n) is 3.62. The Bertz CT molecular complexity index is 644. The van der Waals surface area contributed by atoms with E-state index in [0.717, 1.165) is 56.7 Å². The molecule has 0 aliphatic carbocycles. The molecule has 1 aromatic rings. The Morgan fingerprint density at radius 2 is 1.80 bits per heavy atom. The summed E-state index contributed by atoms with van der Waals surface area (Å²) in [6, 6.07) is 8.15. The number of nitrogens with zero attached hydrogens (tertiary/aromatic N) is 3. The smallest absolute Gasteiger partial charge is 0.191 e. The maximum atomic E-state index is 6.02. The van der Waals surface area contributed by atoms with E-state index in [4.69, 9.17) is 14.5 Å². The normalized spacial score (nSPS) is 18.2. The number of ether oxygens (including phenoxy) is 2. The third-order valence-electron chi connectivity index (χ3n) is 5.49. The first-order valence-electron chi connectivity index (χ1n) is 11.2. The molecule has 2 unspecified atom stereocenters. The summed E-state index contributed by atoms with van der Waals surface area (Å²) in [4.78, 5) is 9.88. The molecule has 0 aromatic heterocycles. The first-order valence-corrected chi connectivity index (χ1v) is 11.2. The molecule has 1 saturated heterocycles. The molecule has 0 radical (unpaired) electrons. The summed E-state index contributed by atoms with van der Waals surface area (Å²) in [7, 11) is 3.86. The molecule has 2 rings (SSSR count). The molecule has 0 amide bonds. The summed E-state index contributed by atoms with van der Waals surface area (Å²) >= 11 is 0. The van der Waals surface area contributed by atoms with Gasteiger partial charge in [0.2, 0.25) is 0 Å². The van der Waals surface area contributed by atoms with Crippen molar-refractivity contribution in [1.82, 2.24) is 20.4 Å². The quantitative estimate of drug-likeness (QED) is 0.448. The second-order valence-electron chi connectivity index (χ2n) is 8.36. The van der Waals surface area contributed by atoms with Crippen LogP contribution in [0.2, 0.25) is 0 Å². The predicted octanol–water partition coefficient (Wildman–Crippen LogP) is 2.29. The van der Waals surface area contributed by atoms with Crippen LogP contribution >= 0.6 is 0 Å². The van der Waals surface area contributed by atoms with Crippen LogP contribution in [0, 0.1) is 5.92 Å². The third kappa shape index (κ3) is 8.03. The Morgan fingerprint density at radius 3 is 2.43 bits per heavy atom. The van der Waals surface area contributed by atoms with Gasteiger partial charge in [-0.05, 0) is 38.9 Å². The van der Waals surface area contributed by atoms with Crippen LogP contribution in [0.1, 0.15) is 27.7 Å². The zero-order chi connectivity index (χ0) is 21.9. The zero-order valence-electron chi connectivity index (χ0n) is 19.6. The van der Waals surface area contributed by atoms with Crippen LogP contribution in [0.3, 0.4) is 0 Å². The van der Waals surface area contributed by atoms with Gasteiger partial charge in [0.05, 0.1) is 20.2 Å². The molecule has 1 heterocycles. The van der Waals surface area contributed by atoms with Gasteiger partial charge in [-0.1, -0.05) is 19.9 Å².